The van der Waals surface area contributed by atoms with Crippen molar-refractivity contribution in [3.05, 3.63) is 17.0 Å². The van der Waals surface area contributed by atoms with Gasteiger partial charge >= 0.3 is 0 Å². The average molecular weight is 332 g/mol. The van der Waals surface area contributed by atoms with Crippen molar-refractivity contribution in [1.29, 1.82) is 0 Å². The Hall–Kier alpha value is -0.470. The van der Waals surface area contributed by atoms with Gasteiger partial charge in [0.1, 0.15) is 4.21 Å². The number of sulfonamides is 1. The summed E-state index contributed by atoms with van der Waals surface area (Å²) in [6.07, 6.45) is 0.843. The molecular weight excluding hydrogens is 308 g/mol. The van der Waals surface area contributed by atoms with E-state index in [0.29, 0.717) is 36.5 Å². The first-order valence-corrected chi connectivity index (χ1v) is 9.63. The number of hydrogen-bond donors (Lipinski definition) is 1. The van der Waals surface area contributed by atoms with Crippen molar-refractivity contribution >= 4 is 21.4 Å². The van der Waals surface area contributed by atoms with Gasteiger partial charge in [0.25, 0.3) is 10.0 Å². The fourth-order valence-electron chi connectivity index (χ4n) is 2.18. The van der Waals surface area contributed by atoms with Crippen molar-refractivity contribution in [2.45, 2.75) is 50.1 Å². The van der Waals surface area contributed by atoms with Crippen LogP contribution in [0.15, 0.2) is 16.3 Å². The molecule has 1 unspecified atom stereocenters. The number of thiophene rings is 1. The second kappa shape index (κ2) is 7.19. The molecule has 0 bridgehead atoms. The van der Waals surface area contributed by atoms with Gasteiger partial charge in [-0.05, 0) is 18.6 Å². The normalized spacial score (nSPS) is 21.0. The van der Waals surface area contributed by atoms with E-state index in [1.165, 1.54) is 11.3 Å². The van der Waals surface area contributed by atoms with Crippen molar-refractivity contribution < 1.29 is 13.2 Å². The number of morpholine rings is 1. The van der Waals surface area contributed by atoms with Gasteiger partial charge in [0.15, 0.2) is 0 Å². The molecule has 0 saturated carbocycles. The predicted molar refractivity (Wildman–Crippen MR) is 85.1 cm³/mol. The number of hydrogen-bond acceptors (Lipinski definition) is 5. The topological polar surface area (TPSA) is 58.6 Å². The smallest absolute Gasteiger partial charge is 0.252 e. The van der Waals surface area contributed by atoms with Crippen LogP contribution in [0.2, 0.25) is 0 Å². The zero-order valence-electron chi connectivity index (χ0n) is 12.8. The molecule has 1 aromatic rings. The van der Waals surface area contributed by atoms with E-state index >= 15 is 0 Å². The molecule has 2 heterocycles. The van der Waals surface area contributed by atoms with Crippen molar-refractivity contribution in [3.8, 4) is 0 Å². The Morgan fingerprint density at radius 1 is 1.48 bits per heavy atom. The minimum Gasteiger partial charge on any atom is -0.375 e. The molecule has 0 amide bonds. The van der Waals surface area contributed by atoms with Crippen LogP contribution in [0.3, 0.4) is 0 Å². The van der Waals surface area contributed by atoms with Crippen LogP contribution in [0, 0.1) is 0 Å². The van der Waals surface area contributed by atoms with Gasteiger partial charge < -0.3 is 10.1 Å². The molecule has 0 spiro atoms. The Morgan fingerprint density at radius 3 is 2.90 bits per heavy atom. The summed E-state index contributed by atoms with van der Waals surface area (Å²) in [6.45, 7) is 8.24. The van der Waals surface area contributed by atoms with Crippen LogP contribution in [0.1, 0.15) is 32.1 Å². The summed E-state index contributed by atoms with van der Waals surface area (Å²) in [6, 6.07) is 4.00. The van der Waals surface area contributed by atoms with Gasteiger partial charge in [-0.3, -0.25) is 0 Å². The van der Waals surface area contributed by atoms with Gasteiger partial charge in [-0.15, -0.1) is 11.3 Å². The predicted octanol–water partition coefficient (Wildman–Crippen LogP) is 2.05. The highest BCUT2D eigenvalue weighted by Gasteiger charge is 2.31. The molecule has 1 saturated heterocycles. The maximum atomic E-state index is 12.7. The highest BCUT2D eigenvalue weighted by Crippen LogP contribution is 2.26. The molecule has 1 aliphatic rings. The molecule has 1 fully saturated rings. The minimum absolute atomic E-state index is 0.00978. The van der Waals surface area contributed by atoms with Crippen LogP contribution < -0.4 is 5.32 Å². The van der Waals surface area contributed by atoms with E-state index in [-0.39, 0.29) is 6.10 Å². The highest BCUT2D eigenvalue weighted by atomic mass is 32.2. The molecule has 7 heteroatoms. The molecule has 1 N–H and O–H groups in total. The van der Waals surface area contributed by atoms with Crippen LogP contribution in [0.25, 0.3) is 0 Å². The number of nitrogens with one attached hydrogen (secondary N) is 1. The van der Waals surface area contributed by atoms with Gasteiger partial charge in [0, 0.05) is 30.6 Å². The van der Waals surface area contributed by atoms with E-state index in [2.05, 4.69) is 19.2 Å². The standard InChI is InChI=1S/C14H24N2O3S2/c1-4-12-10-16(7-8-19-12)21(17,18)14-6-5-13(20-14)9-15-11(2)3/h5-6,11-12,15H,4,7-10H2,1-3H3. The average Bonchev–Trinajstić information content (AvgIpc) is 2.95. The summed E-state index contributed by atoms with van der Waals surface area (Å²) in [5.74, 6) is 0. The lowest BCUT2D eigenvalue weighted by Gasteiger charge is -2.31. The van der Waals surface area contributed by atoms with Crippen molar-refractivity contribution in [2.24, 2.45) is 0 Å². The Morgan fingerprint density at radius 2 is 2.24 bits per heavy atom. The third kappa shape index (κ3) is 4.26. The molecule has 21 heavy (non-hydrogen) atoms. The van der Waals surface area contributed by atoms with Gasteiger partial charge in [-0.2, -0.15) is 4.31 Å². The first kappa shape index (κ1) is 16.9. The first-order valence-electron chi connectivity index (χ1n) is 7.37. The van der Waals surface area contributed by atoms with E-state index in [0.717, 1.165) is 11.3 Å². The maximum Gasteiger partial charge on any atom is 0.252 e. The number of rotatable bonds is 6. The maximum absolute atomic E-state index is 12.7. The third-order valence-corrected chi connectivity index (χ3v) is 6.89. The second-order valence-electron chi connectivity index (χ2n) is 5.52. The van der Waals surface area contributed by atoms with Gasteiger partial charge in [-0.25, -0.2) is 8.42 Å². The lowest BCUT2D eigenvalue weighted by molar-refractivity contribution is -0.00272. The fourth-order valence-corrected chi connectivity index (χ4v) is 5.10. The highest BCUT2D eigenvalue weighted by molar-refractivity contribution is 7.91. The van der Waals surface area contributed by atoms with Gasteiger partial charge in [0.2, 0.25) is 0 Å². The molecule has 0 aromatic carbocycles. The van der Waals surface area contributed by atoms with E-state index in [4.69, 9.17) is 4.74 Å². The number of ether oxygens (including phenoxy) is 1. The van der Waals surface area contributed by atoms with Crippen LogP contribution in [-0.4, -0.2) is 44.6 Å². The van der Waals surface area contributed by atoms with Crippen molar-refractivity contribution in [3.63, 3.8) is 0 Å². The minimum atomic E-state index is -3.38. The molecule has 0 aliphatic carbocycles. The molecule has 2 rings (SSSR count). The Kier molecular flexibility index (Phi) is 5.79. The molecule has 1 aliphatic heterocycles. The molecule has 0 radical (unpaired) electrons. The van der Waals surface area contributed by atoms with Crippen LogP contribution in [0.5, 0.6) is 0 Å². The van der Waals surface area contributed by atoms with E-state index in [1.807, 2.05) is 13.0 Å². The molecule has 5 nitrogen and oxygen atoms in total. The number of nitrogens with zero attached hydrogens (tertiary/aromatic N) is 1. The molecular formula is C14H24N2O3S2. The fraction of sp³-hybridized carbons (Fsp3) is 0.714. The van der Waals surface area contributed by atoms with E-state index in [9.17, 15) is 8.42 Å². The SMILES string of the molecule is CCC1CN(S(=O)(=O)c2ccc(CNC(C)C)s2)CCO1. The Balaban J connectivity index is 2.08. The summed E-state index contributed by atoms with van der Waals surface area (Å²) < 4.78 is 32.8. The monoisotopic (exact) mass is 332 g/mol. The van der Waals surface area contributed by atoms with Crippen LogP contribution >= 0.6 is 11.3 Å². The summed E-state index contributed by atoms with van der Waals surface area (Å²) >= 11 is 1.35. The summed E-state index contributed by atoms with van der Waals surface area (Å²) in [5.41, 5.74) is 0. The van der Waals surface area contributed by atoms with Crippen LogP contribution in [-0.2, 0) is 21.3 Å². The van der Waals surface area contributed by atoms with Crippen molar-refractivity contribution in [2.75, 3.05) is 19.7 Å². The molecule has 1 atom stereocenters. The lowest BCUT2D eigenvalue weighted by Crippen LogP contribution is -2.45. The van der Waals surface area contributed by atoms with E-state index in [1.54, 1.807) is 10.4 Å². The lowest BCUT2D eigenvalue weighted by atomic mass is 10.2. The zero-order chi connectivity index (χ0) is 15.5. The first-order chi connectivity index (χ1) is 9.93. The summed E-state index contributed by atoms with van der Waals surface area (Å²) in [7, 11) is -3.38. The molecule has 1 aromatic heterocycles. The molecule has 120 valence electrons. The largest absolute Gasteiger partial charge is 0.375 e. The zero-order valence-corrected chi connectivity index (χ0v) is 14.5. The van der Waals surface area contributed by atoms with Gasteiger partial charge in [-0.1, -0.05) is 20.8 Å². The van der Waals surface area contributed by atoms with Gasteiger partial charge in [0.05, 0.1) is 12.7 Å². The second-order valence-corrected chi connectivity index (χ2v) is 8.85. The van der Waals surface area contributed by atoms with Crippen molar-refractivity contribution in [1.82, 2.24) is 9.62 Å². The summed E-state index contributed by atoms with van der Waals surface area (Å²) in [4.78, 5) is 1.04. The van der Waals surface area contributed by atoms with Crippen LogP contribution in [0.4, 0.5) is 0 Å². The summed E-state index contributed by atoms with van der Waals surface area (Å²) in [5, 5.41) is 3.30. The Bertz CT molecular complexity index is 554. The van der Waals surface area contributed by atoms with E-state index < -0.39 is 10.0 Å². The quantitative estimate of drug-likeness (QED) is 0.866. The third-order valence-electron chi connectivity index (χ3n) is 3.47. The Labute approximate surface area is 131 Å².